The van der Waals surface area contributed by atoms with Gasteiger partial charge in [-0.15, -0.1) is 0 Å². The van der Waals surface area contributed by atoms with Crippen LogP contribution in [0.15, 0.2) is 34.5 Å². The van der Waals surface area contributed by atoms with Crippen molar-refractivity contribution in [2.75, 3.05) is 25.5 Å². The molecule has 1 aromatic rings. The van der Waals surface area contributed by atoms with Gasteiger partial charge in [-0.05, 0) is 68.6 Å². The molecular weight excluding hydrogens is 459 g/mol. The van der Waals surface area contributed by atoms with Crippen LogP contribution in [-0.4, -0.2) is 54.8 Å². The molecule has 0 radical (unpaired) electrons. The van der Waals surface area contributed by atoms with Gasteiger partial charge in [-0.25, -0.2) is 4.39 Å². The van der Waals surface area contributed by atoms with E-state index in [9.17, 15) is 14.0 Å². The summed E-state index contributed by atoms with van der Waals surface area (Å²) in [6.07, 6.45) is 3.81. The molecule has 1 saturated heterocycles. The van der Waals surface area contributed by atoms with E-state index in [1.54, 1.807) is 0 Å². The summed E-state index contributed by atoms with van der Waals surface area (Å²) in [5.74, 6) is 0.103. The average molecular weight is 491 g/mol. The van der Waals surface area contributed by atoms with Gasteiger partial charge in [-0.3, -0.25) is 19.5 Å². The van der Waals surface area contributed by atoms with Crippen LogP contribution in [0.5, 0.6) is 0 Å². The fraction of sp³-hybridized carbons (Fsp3) is 0.542. The predicted octanol–water partition coefficient (Wildman–Crippen LogP) is 2.24. The molecule has 0 bridgehead atoms. The molecule has 2 aliphatic carbocycles. The number of fused-ring (bicyclic) bond motifs is 1. The van der Waals surface area contributed by atoms with Gasteiger partial charge in [0, 0.05) is 37.1 Å². The van der Waals surface area contributed by atoms with E-state index in [4.69, 9.17) is 23.1 Å². The molecule has 2 saturated carbocycles. The monoisotopic (exact) mass is 490 g/mol. The number of hydrogen-bond donors (Lipinski definition) is 4. The lowest BCUT2D eigenvalue weighted by molar-refractivity contribution is -0.126. The number of nitrogens with one attached hydrogen (secondary N) is 2. The standard InChI is InChI=1S/C24H32ClFN6O2/c1-12-10-32(11-20(33)30-12)17-7-13-5-15(6-14(13)8-17)22(27)21(23(28)29-2)24(34)31-16-3-4-19(26)18(25)9-16/h3-4,9,12-15,17H,5-8,10-11,27H2,1-2H3,(H2,28,29)(H,30,33)(H,31,34)/b22-21+. The Balaban J connectivity index is 1.46. The van der Waals surface area contributed by atoms with Crippen molar-refractivity contribution in [2.45, 2.75) is 44.7 Å². The Labute approximate surface area is 204 Å². The van der Waals surface area contributed by atoms with Gasteiger partial charge >= 0.3 is 0 Å². The van der Waals surface area contributed by atoms with Crippen molar-refractivity contribution >= 4 is 34.9 Å². The third kappa shape index (κ3) is 5.05. The summed E-state index contributed by atoms with van der Waals surface area (Å²) in [6.45, 7) is 3.37. The number of rotatable bonds is 5. The van der Waals surface area contributed by atoms with E-state index >= 15 is 0 Å². The molecule has 2 amide bonds. The number of hydrogen-bond acceptors (Lipinski definition) is 5. The molecule has 184 valence electrons. The van der Waals surface area contributed by atoms with E-state index in [2.05, 4.69) is 20.5 Å². The summed E-state index contributed by atoms with van der Waals surface area (Å²) in [7, 11) is 1.51. The summed E-state index contributed by atoms with van der Waals surface area (Å²) in [4.78, 5) is 31.4. The van der Waals surface area contributed by atoms with E-state index in [1.807, 2.05) is 6.92 Å². The number of piperazine rings is 1. The molecule has 10 heteroatoms. The molecule has 1 aromatic carbocycles. The number of carbonyl (C=O) groups is 2. The van der Waals surface area contributed by atoms with Crippen LogP contribution < -0.4 is 22.1 Å². The maximum atomic E-state index is 13.5. The van der Waals surface area contributed by atoms with Crippen LogP contribution in [-0.2, 0) is 9.59 Å². The fourth-order valence-corrected chi connectivity index (χ4v) is 6.04. The molecule has 3 unspecified atom stereocenters. The topological polar surface area (TPSA) is 126 Å². The Kier molecular flexibility index (Phi) is 7.14. The number of nitrogens with two attached hydrogens (primary N) is 2. The number of allylic oxidation sites excluding steroid dienone is 1. The summed E-state index contributed by atoms with van der Waals surface area (Å²) >= 11 is 5.83. The smallest absolute Gasteiger partial charge is 0.261 e. The highest BCUT2D eigenvalue weighted by molar-refractivity contribution is 6.31. The van der Waals surface area contributed by atoms with E-state index in [0.29, 0.717) is 35.8 Å². The molecule has 3 atom stereocenters. The van der Waals surface area contributed by atoms with E-state index < -0.39 is 11.7 Å². The Morgan fingerprint density at radius 1 is 1.24 bits per heavy atom. The number of nitrogens with zero attached hydrogens (tertiary/aromatic N) is 2. The van der Waals surface area contributed by atoms with Crippen molar-refractivity contribution in [2.24, 2.45) is 34.2 Å². The van der Waals surface area contributed by atoms with Gasteiger partial charge in [0.1, 0.15) is 17.2 Å². The highest BCUT2D eigenvalue weighted by Gasteiger charge is 2.45. The molecule has 3 fully saturated rings. The lowest BCUT2D eigenvalue weighted by Gasteiger charge is -2.36. The first-order chi connectivity index (χ1) is 16.2. The summed E-state index contributed by atoms with van der Waals surface area (Å²) in [5.41, 5.74) is 13.5. The second-order valence-corrected chi connectivity index (χ2v) is 10.1. The molecular formula is C24H32ClFN6O2. The minimum atomic E-state index is -0.569. The summed E-state index contributed by atoms with van der Waals surface area (Å²) in [6, 6.07) is 4.52. The number of benzene rings is 1. The normalized spacial score (nSPS) is 30.5. The van der Waals surface area contributed by atoms with Crippen molar-refractivity contribution in [3.8, 4) is 0 Å². The summed E-state index contributed by atoms with van der Waals surface area (Å²) < 4.78 is 13.5. The molecule has 3 aliphatic rings. The lowest BCUT2D eigenvalue weighted by Crippen LogP contribution is -2.55. The van der Waals surface area contributed by atoms with Gasteiger partial charge in [0.05, 0.1) is 11.6 Å². The lowest BCUT2D eigenvalue weighted by atomic mass is 9.94. The van der Waals surface area contributed by atoms with Crippen LogP contribution in [0.25, 0.3) is 0 Å². The van der Waals surface area contributed by atoms with Crippen LogP contribution in [0.4, 0.5) is 10.1 Å². The molecule has 8 nitrogen and oxygen atoms in total. The zero-order chi connectivity index (χ0) is 24.6. The molecule has 4 rings (SSSR count). The van der Waals surface area contributed by atoms with Crippen LogP contribution in [0.2, 0.25) is 5.02 Å². The second kappa shape index (κ2) is 9.92. The molecule has 6 N–H and O–H groups in total. The van der Waals surface area contributed by atoms with Crippen LogP contribution in [0.1, 0.15) is 32.6 Å². The van der Waals surface area contributed by atoms with E-state index in [0.717, 1.165) is 32.2 Å². The second-order valence-electron chi connectivity index (χ2n) is 9.73. The minimum absolute atomic E-state index is 0.0254. The van der Waals surface area contributed by atoms with Crippen LogP contribution in [0, 0.1) is 23.6 Å². The largest absolute Gasteiger partial charge is 0.401 e. The highest BCUT2D eigenvalue weighted by atomic mass is 35.5. The maximum absolute atomic E-state index is 13.5. The first-order valence-electron chi connectivity index (χ1n) is 11.7. The first kappa shape index (κ1) is 24.5. The number of halogens is 2. The Morgan fingerprint density at radius 3 is 2.50 bits per heavy atom. The number of amidine groups is 1. The fourth-order valence-electron chi connectivity index (χ4n) is 5.86. The molecule has 0 aromatic heterocycles. The van der Waals surface area contributed by atoms with Gasteiger partial charge in [0.25, 0.3) is 5.91 Å². The van der Waals surface area contributed by atoms with Gasteiger partial charge in [-0.1, -0.05) is 11.6 Å². The zero-order valence-corrected chi connectivity index (χ0v) is 20.2. The number of aliphatic imine (C=N–C) groups is 1. The molecule has 34 heavy (non-hydrogen) atoms. The van der Waals surface area contributed by atoms with Crippen LogP contribution >= 0.6 is 11.6 Å². The summed E-state index contributed by atoms with van der Waals surface area (Å²) in [5, 5.41) is 5.59. The average Bonchev–Trinajstić information content (AvgIpc) is 3.35. The highest BCUT2D eigenvalue weighted by Crippen LogP contribution is 2.50. The number of amides is 2. The van der Waals surface area contributed by atoms with Crippen molar-refractivity contribution in [1.29, 1.82) is 0 Å². The van der Waals surface area contributed by atoms with Gasteiger partial charge in [0.15, 0.2) is 0 Å². The van der Waals surface area contributed by atoms with Gasteiger partial charge in [0.2, 0.25) is 5.91 Å². The molecule has 1 heterocycles. The third-order valence-corrected chi connectivity index (χ3v) is 7.69. The maximum Gasteiger partial charge on any atom is 0.261 e. The van der Waals surface area contributed by atoms with Crippen molar-refractivity contribution in [3.63, 3.8) is 0 Å². The van der Waals surface area contributed by atoms with E-state index in [1.165, 1.54) is 25.2 Å². The third-order valence-electron chi connectivity index (χ3n) is 7.40. The number of carbonyl (C=O) groups excluding carboxylic acids is 2. The van der Waals surface area contributed by atoms with Crippen molar-refractivity contribution in [1.82, 2.24) is 10.2 Å². The Bertz CT molecular complexity index is 1030. The SMILES string of the molecule is CN=C(N)/C(C(=O)Nc1ccc(F)c(Cl)c1)=C(\N)C1CC2CC(N3CC(=O)NC(C)C3)CC2C1. The predicted molar refractivity (Wildman–Crippen MR) is 131 cm³/mol. The Morgan fingerprint density at radius 2 is 1.91 bits per heavy atom. The quantitative estimate of drug-likeness (QED) is 0.286. The Hall–Kier alpha value is -2.65. The van der Waals surface area contributed by atoms with Crippen molar-refractivity contribution < 1.29 is 14.0 Å². The molecule has 1 aliphatic heterocycles. The van der Waals surface area contributed by atoms with Crippen molar-refractivity contribution in [3.05, 3.63) is 40.3 Å². The van der Waals surface area contributed by atoms with E-state index in [-0.39, 0.29) is 34.3 Å². The van der Waals surface area contributed by atoms with Crippen LogP contribution in [0.3, 0.4) is 0 Å². The molecule has 0 spiro atoms. The first-order valence-corrected chi connectivity index (χ1v) is 12.1. The zero-order valence-electron chi connectivity index (χ0n) is 19.5. The van der Waals surface area contributed by atoms with Gasteiger partial charge < -0.3 is 22.1 Å². The minimum Gasteiger partial charge on any atom is -0.401 e. The number of anilines is 1. The van der Waals surface area contributed by atoms with Gasteiger partial charge in [-0.2, -0.15) is 0 Å².